The third kappa shape index (κ3) is 1.70. The monoisotopic (exact) mass is 208 g/mol. The molecule has 2 rings (SSSR count). The smallest absolute Gasteiger partial charge is 0.139 e. The Morgan fingerprint density at radius 3 is 3.14 bits per heavy atom. The van der Waals surface area contributed by atoms with Gasteiger partial charge in [0, 0.05) is 23.0 Å². The molecule has 0 fully saturated rings. The van der Waals surface area contributed by atoms with E-state index < -0.39 is 0 Å². The molecule has 3 nitrogen and oxygen atoms in total. The first kappa shape index (κ1) is 9.40. The summed E-state index contributed by atoms with van der Waals surface area (Å²) in [7, 11) is 0. The fourth-order valence-electron chi connectivity index (χ4n) is 1.69. The van der Waals surface area contributed by atoms with Crippen LogP contribution in [0.5, 0.6) is 0 Å². The average molecular weight is 208 g/mol. The van der Waals surface area contributed by atoms with Crippen LogP contribution in [0, 0.1) is 0 Å². The highest BCUT2D eigenvalue weighted by molar-refractivity contribution is 7.99. The minimum absolute atomic E-state index is 0.312. The van der Waals surface area contributed by atoms with Crippen LogP contribution in [0.4, 0.5) is 0 Å². The number of rotatable bonds is 2. The number of hydrogen-bond acceptors (Lipinski definition) is 3. The second-order valence-corrected chi connectivity index (χ2v) is 4.40. The molecule has 4 heteroatoms. The molecule has 1 aromatic rings. The number of thioether (sulfide) groups is 1. The maximum Gasteiger partial charge on any atom is 0.139 e. The Bertz CT molecular complexity index is 365. The molecule has 1 aromatic carbocycles. The van der Waals surface area contributed by atoms with Crippen LogP contribution >= 0.6 is 11.8 Å². The number of benzene rings is 1. The summed E-state index contributed by atoms with van der Waals surface area (Å²) in [4.78, 5) is 1.32. The number of amidine groups is 1. The first-order chi connectivity index (χ1) is 6.81. The first-order valence-electron chi connectivity index (χ1n) is 4.49. The summed E-state index contributed by atoms with van der Waals surface area (Å²) >= 11 is 1.84. The van der Waals surface area contributed by atoms with E-state index in [4.69, 9.17) is 10.9 Å². The third-order valence-electron chi connectivity index (χ3n) is 2.38. The molecule has 0 bridgehead atoms. The summed E-state index contributed by atoms with van der Waals surface area (Å²) in [5, 5.41) is 11.5. The van der Waals surface area contributed by atoms with E-state index in [0.717, 1.165) is 5.75 Å². The molecule has 0 aromatic heterocycles. The van der Waals surface area contributed by atoms with Gasteiger partial charge < -0.3 is 10.9 Å². The van der Waals surface area contributed by atoms with Crippen molar-refractivity contribution in [3.63, 3.8) is 0 Å². The lowest BCUT2D eigenvalue weighted by Gasteiger charge is -2.08. The standard InChI is InChI=1S/C10H12N2OS/c11-10(12-13)5-7-6-14-9-4-2-1-3-8(7)9/h1-4,7,13H,5-6H2,(H2,11,12). The molecule has 74 valence electrons. The van der Waals surface area contributed by atoms with E-state index in [9.17, 15) is 0 Å². The van der Waals surface area contributed by atoms with Crippen molar-refractivity contribution in [3.05, 3.63) is 29.8 Å². The Hall–Kier alpha value is -1.16. The van der Waals surface area contributed by atoms with E-state index in [1.807, 2.05) is 23.9 Å². The summed E-state index contributed by atoms with van der Waals surface area (Å²) < 4.78 is 0. The molecule has 0 saturated carbocycles. The average Bonchev–Trinajstić information content (AvgIpc) is 2.62. The molecule has 1 aliphatic rings. The number of nitrogens with two attached hydrogens (primary N) is 1. The minimum atomic E-state index is 0.312. The Kier molecular flexibility index (Phi) is 2.63. The number of fused-ring (bicyclic) bond motifs is 1. The SMILES string of the molecule is N/C(CC1CSc2ccccc21)=N/O. The molecule has 1 aliphatic heterocycles. The Morgan fingerprint density at radius 1 is 1.57 bits per heavy atom. The van der Waals surface area contributed by atoms with Crippen molar-refractivity contribution < 1.29 is 5.21 Å². The topological polar surface area (TPSA) is 58.6 Å². The molecule has 0 aliphatic carbocycles. The maximum absolute atomic E-state index is 8.50. The summed E-state index contributed by atoms with van der Waals surface area (Å²) in [5.41, 5.74) is 6.82. The largest absolute Gasteiger partial charge is 0.409 e. The summed E-state index contributed by atoms with van der Waals surface area (Å²) in [5.74, 6) is 1.73. The Labute approximate surface area is 87.0 Å². The van der Waals surface area contributed by atoms with Gasteiger partial charge in [-0.15, -0.1) is 11.8 Å². The highest BCUT2D eigenvalue weighted by Crippen LogP contribution is 2.40. The van der Waals surface area contributed by atoms with Gasteiger partial charge in [0.15, 0.2) is 0 Å². The van der Waals surface area contributed by atoms with Gasteiger partial charge in [-0.2, -0.15) is 0 Å². The molecular formula is C10H12N2OS. The van der Waals surface area contributed by atoms with E-state index in [-0.39, 0.29) is 0 Å². The zero-order chi connectivity index (χ0) is 9.97. The molecular weight excluding hydrogens is 196 g/mol. The molecule has 0 amide bonds. The highest BCUT2D eigenvalue weighted by Gasteiger charge is 2.23. The molecule has 0 saturated heterocycles. The third-order valence-corrected chi connectivity index (χ3v) is 3.63. The highest BCUT2D eigenvalue weighted by atomic mass is 32.2. The summed E-state index contributed by atoms with van der Waals surface area (Å²) in [6.45, 7) is 0. The fraction of sp³-hybridized carbons (Fsp3) is 0.300. The van der Waals surface area contributed by atoms with Gasteiger partial charge in [0.2, 0.25) is 0 Å². The van der Waals surface area contributed by atoms with Crippen molar-refractivity contribution in [2.75, 3.05) is 5.75 Å². The second kappa shape index (κ2) is 3.92. The van der Waals surface area contributed by atoms with Gasteiger partial charge in [-0.05, 0) is 11.6 Å². The van der Waals surface area contributed by atoms with E-state index in [0.29, 0.717) is 18.2 Å². The maximum atomic E-state index is 8.50. The van der Waals surface area contributed by atoms with Crippen molar-refractivity contribution >= 4 is 17.6 Å². The van der Waals surface area contributed by atoms with Gasteiger partial charge in [0.05, 0.1) is 0 Å². The van der Waals surface area contributed by atoms with Gasteiger partial charge in [-0.1, -0.05) is 23.4 Å². The van der Waals surface area contributed by atoms with Crippen molar-refractivity contribution in [2.24, 2.45) is 10.9 Å². The van der Waals surface area contributed by atoms with Gasteiger partial charge in [0.1, 0.15) is 5.84 Å². The van der Waals surface area contributed by atoms with Crippen LogP contribution in [0.15, 0.2) is 34.3 Å². The van der Waals surface area contributed by atoms with Crippen molar-refractivity contribution in [2.45, 2.75) is 17.2 Å². The van der Waals surface area contributed by atoms with Crippen molar-refractivity contribution in [1.29, 1.82) is 0 Å². The quantitative estimate of drug-likeness (QED) is 0.338. The first-order valence-corrected chi connectivity index (χ1v) is 5.48. The number of hydrogen-bond donors (Lipinski definition) is 2. The van der Waals surface area contributed by atoms with Crippen molar-refractivity contribution in [1.82, 2.24) is 0 Å². The van der Waals surface area contributed by atoms with Crippen molar-refractivity contribution in [3.8, 4) is 0 Å². The lowest BCUT2D eigenvalue weighted by Crippen LogP contribution is -2.15. The minimum Gasteiger partial charge on any atom is -0.409 e. The molecule has 0 radical (unpaired) electrons. The molecule has 1 heterocycles. The van der Waals surface area contributed by atoms with Crippen LogP contribution in [0.3, 0.4) is 0 Å². The van der Waals surface area contributed by atoms with E-state index in [1.54, 1.807) is 0 Å². The molecule has 3 N–H and O–H groups in total. The Balaban J connectivity index is 2.18. The lowest BCUT2D eigenvalue weighted by molar-refractivity contribution is 0.316. The van der Waals surface area contributed by atoms with E-state index in [1.165, 1.54) is 10.5 Å². The van der Waals surface area contributed by atoms with Gasteiger partial charge in [-0.25, -0.2) is 0 Å². The molecule has 14 heavy (non-hydrogen) atoms. The van der Waals surface area contributed by atoms with E-state index >= 15 is 0 Å². The fourth-order valence-corrected chi connectivity index (χ4v) is 2.95. The molecule has 1 atom stereocenters. The molecule has 1 unspecified atom stereocenters. The zero-order valence-electron chi connectivity index (χ0n) is 7.68. The zero-order valence-corrected chi connectivity index (χ0v) is 8.50. The van der Waals surface area contributed by atoms with Gasteiger partial charge >= 0.3 is 0 Å². The van der Waals surface area contributed by atoms with Crippen LogP contribution in [-0.4, -0.2) is 16.8 Å². The second-order valence-electron chi connectivity index (χ2n) is 3.34. The normalized spacial score (nSPS) is 20.9. The van der Waals surface area contributed by atoms with E-state index in [2.05, 4.69) is 17.3 Å². The predicted octanol–water partition coefficient (Wildman–Crippen LogP) is 2.01. The van der Waals surface area contributed by atoms with Gasteiger partial charge in [0.25, 0.3) is 0 Å². The van der Waals surface area contributed by atoms with Gasteiger partial charge in [-0.3, -0.25) is 0 Å². The predicted molar refractivity (Wildman–Crippen MR) is 57.9 cm³/mol. The number of nitrogens with zero attached hydrogens (tertiary/aromatic N) is 1. The van der Waals surface area contributed by atoms with Crippen LogP contribution in [0.2, 0.25) is 0 Å². The summed E-state index contributed by atoms with van der Waals surface area (Å²) in [6.07, 6.45) is 0.639. The summed E-state index contributed by atoms with van der Waals surface area (Å²) in [6, 6.07) is 8.30. The van der Waals surface area contributed by atoms with Crippen LogP contribution in [0.1, 0.15) is 17.9 Å². The lowest BCUT2D eigenvalue weighted by atomic mass is 9.98. The Morgan fingerprint density at radius 2 is 2.36 bits per heavy atom. The molecule has 0 spiro atoms. The van der Waals surface area contributed by atoms with Crippen LogP contribution < -0.4 is 5.73 Å². The van der Waals surface area contributed by atoms with Crippen LogP contribution in [0.25, 0.3) is 0 Å². The number of oxime groups is 1. The van der Waals surface area contributed by atoms with Crippen LogP contribution in [-0.2, 0) is 0 Å².